The SMILES string of the molecule is COC(=O)CC(C)Oc1cc([N+](=O)[O-])ccc1OC. The van der Waals surface area contributed by atoms with E-state index in [-0.39, 0.29) is 17.9 Å². The third kappa shape index (κ3) is 4.13. The van der Waals surface area contributed by atoms with Gasteiger partial charge in [0, 0.05) is 6.07 Å². The van der Waals surface area contributed by atoms with Crippen LogP contribution in [0.2, 0.25) is 0 Å². The summed E-state index contributed by atoms with van der Waals surface area (Å²) in [7, 11) is 2.71. The van der Waals surface area contributed by atoms with Crippen LogP contribution in [0.3, 0.4) is 0 Å². The monoisotopic (exact) mass is 269 g/mol. The van der Waals surface area contributed by atoms with Crippen molar-refractivity contribution in [2.24, 2.45) is 0 Å². The Kier molecular flexibility index (Phi) is 5.11. The maximum atomic E-state index is 11.1. The van der Waals surface area contributed by atoms with Crippen LogP contribution >= 0.6 is 0 Å². The normalized spacial score (nSPS) is 11.5. The van der Waals surface area contributed by atoms with E-state index in [4.69, 9.17) is 9.47 Å². The molecule has 19 heavy (non-hydrogen) atoms. The van der Waals surface area contributed by atoms with Crippen LogP contribution in [-0.2, 0) is 9.53 Å². The van der Waals surface area contributed by atoms with Crippen molar-refractivity contribution < 1.29 is 23.9 Å². The Balaban J connectivity index is 2.88. The van der Waals surface area contributed by atoms with Gasteiger partial charge in [-0.05, 0) is 13.0 Å². The molecule has 0 aliphatic carbocycles. The van der Waals surface area contributed by atoms with Crippen molar-refractivity contribution in [1.29, 1.82) is 0 Å². The summed E-state index contributed by atoms with van der Waals surface area (Å²) in [6.07, 6.45) is -0.439. The summed E-state index contributed by atoms with van der Waals surface area (Å²) < 4.78 is 15.0. The smallest absolute Gasteiger partial charge is 0.309 e. The number of esters is 1. The molecule has 0 saturated carbocycles. The molecule has 0 saturated heterocycles. The van der Waals surface area contributed by atoms with Crippen LogP contribution in [0.4, 0.5) is 5.69 Å². The second kappa shape index (κ2) is 6.58. The lowest BCUT2D eigenvalue weighted by Crippen LogP contribution is -2.18. The molecule has 0 bridgehead atoms. The predicted octanol–water partition coefficient (Wildman–Crippen LogP) is 1.93. The molecule has 1 aromatic rings. The van der Waals surface area contributed by atoms with Crippen molar-refractivity contribution in [2.45, 2.75) is 19.4 Å². The number of hydrogen-bond donors (Lipinski definition) is 0. The number of nitrogens with zero attached hydrogens (tertiary/aromatic N) is 1. The summed E-state index contributed by atoms with van der Waals surface area (Å²) in [5.74, 6) is 0.160. The first-order valence-electron chi connectivity index (χ1n) is 5.53. The Morgan fingerprint density at radius 1 is 1.37 bits per heavy atom. The van der Waals surface area contributed by atoms with Gasteiger partial charge in [0.25, 0.3) is 5.69 Å². The number of methoxy groups -OCH3 is 2. The molecular weight excluding hydrogens is 254 g/mol. The predicted molar refractivity (Wildman–Crippen MR) is 66.4 cm³/mol. The summed E-state index contributed by atoms with van der Waals surface area (Å²) in [6, 6.07) is 4.02. The average molecular weight is 269 g/mol. The van der Waals surface area contributed by atoms with E-state index >= 15 is 0 Å². The molecule has 1 aromatic carbocycles. The highest BCUT2D eigenvalue weighted by molar-refractivity contribution is 5.69. The number of non-ortho nitro benzene ring substituents is 1. The second-order valence-corrected chi connectivity index (χ2v) is 3.80. The molecule has 0 aliphatic rings. The van der Waals surface area contributed by atoms with E-state index in [1.807, 2.05) is 0 Å². The number of ether oxygens (including phenoxy) is 3. The number of benzene rings is 1. The molecule has 0 aromatic heterocycles. The maximum Gasteiger partial charge on any atom is 0.309 e. The van der Waals surface area contributed by atoms with Crippen LogP contribution in [0.25, 0.3) is 0 Å². The zero-order valence-electron chi connectivity index (χ0n) is 10.9. The van der Waals surface area contributed by atoms with Gasteiger partial charge in [-0.3, -0.25) is 14.9 Å². The molecular formula is C12H15NO6. The molecule has 0 spiro atoms. The Hall–Kier alpha value is -2.31. The second-order valence-electron chi connectivity index (χ2n) is 3.80. The quantitative estimate of drug-likeness (QED) is 0.445. The number of carbonyl (C=O) groups excluding carboxylic acids is 1. The van der Waals surface area contributed by atoms with E-state index in [0.717, 1.165) is 0 Å². The summed E-state index contributed by atoms with van der Waals surface area (Å²) in [5, 5.41) is 10.7. The first-order valence-corrected chi connectivity index (χ1v) is 5.53. The lowest BCUT2D eigenvalue weighted by atomic mass is 10.2. The number of nitro benzene ring substituents is 1. The lowest BCUT2D eigenvalue weighted by molar-refractivity contribution is -0.385. The first-order chi connectivity index (χ1) is 8.97. The van der Waals surface area contributed by atoms with Gasteiger partial charge >= 0.3 is 5.97 Å². The van der Waals surface area contributed by atoms with Gasteiger partial charge in [-0.2, -0.15) is 0 Å². The van der Waals surface area contributed by atoms with Gasteiger partial charge < -0.3 is 14.2 Å². The number of nitro groups is 1. The van der Waals surface area contributed by atoms with Crippen molar-refractivity contribution >= 4 is 11.7 Å². The van der Waals surface area contributed by atoms with Gasteiger partial charge in [-0.15, -0.1) is 0 Å². The molecule has 0 aliphatic heterocycles. The Morgan fingerprint density at radius 3 is 2.58 bits per heavy atom. The lowest BCUT2D eigenvalue weighted by Gasteiger charge is -2.15. The summed E-state index contributed by atoms with van der Waals surface area (Å²) in [5.41, 5.74) is -0.110. The van der Waals surface area contributed by atoms with E-state index in [9.17, 15) is 14.9 Å². The Labute approximate surface area is 110 Å². The third-order valence-electron chi connectivity index (χ3n) is 2.37. The molecule has 7 heteroatoms. The summed E-state index contributed by atoms with van der Waals surface area (Å²) in [6.45, 7) is 1.66. The third-order valence-corrected chi connectivity index (χ3v) is 2.37. The largest absolute Gasteiger partial charge is 0.493 e. The van der Waals surface area contributed by atoms with Gasteiger partial charge in [-0.25, -0.2) is 0 Å². The molecule has 0 fully saturated rings. The standard InChI is InChI=1S/C12H15NO6/c1-8(6-12(14)18-3)19-11-7-9(13(15)16)4-5-10(11)17-2/h4-5,7-8H,6H2,1-3H3. The summed E-state index contributed by atoms with van der Waals surface area (Å²) >= 11 is 0. The van der Waals surface area contributed by atoms with Crippen molar-refractivity contribution in [2.75, 3.05) is 14.2 Å². The highest BCUT2D eigenvalue weighted by Crippen LogP contribution is 2.32. The summed E-state index contributed by atoms with van der Waals surface area (Å²) in [4.78, 5) is 21.3. The first kappa shape index (κ1) is 14.7. The highest BCUT2D eigenvalue weighted by atomic mass is 16.6. The van der Waals surface area contributed by atoms with E-state index in [0.29, 0.717) is 5.75 Å². The molecule has 0 N–H and O–H groups in total. The minimum atomic E-state index is -0.530. The highest BCUT2D eigenvalue weighted by Gasteiger charge is 2.16. The molecule has 1 atom stereocenters. The molecule has 0 heterocycles. The van der Waals surface area contributed by atoms with Crippen LogP contribution < -0.4 is 9.47 Å². The van der Waals surface area contributed by atoms with Gasteiger partial charge in [0.15, 0.2) is 11.5 Å². The van der Waals surface area contributed by atoms with Gasteiger partial charge in [0.05, 0.1) is 31.6 Å². The maximum absolute atomic E-state index is 11.1. The Morgan fingerprint density at radius 2 is 2.05 bits per heavy atom. The molecule has 1 unspecified atom stereocenters. The zero-order valence-corrected chi connectivity index (χ0v) is 10.9. The Bertz CT molecular complexity index is 473. The van der Waals surface area contributed by atoms with Gasteiger partial charge in [0.1, 0.15) is 6.10 Å². The molecule has 0 amide bonds. The molecule has 1 rings (SSSR count). The minimum absolute atomic E-state index is 0.0440. The minimum Gasteiger partial charge on any atom is -0.493 e. The number of carbonyl (C=O) groups is 1. The van der Waals surface area contributed by atoms with E-state index in [1.54, 1.807) is 6.92 Å². The van der Waals surface area contributed by atoms with Crippen molar-refractivity contribution in [3.8, 4) is 11.5 Å². The van der Waals surface area contributed by atoms with Crippen LogP contribution in [-0.4, -0.2) is 31.2 Å². The molecule has 7 nitrogen and oxygen atoms in total. The zero-order chi connectivity index (χ0) is 14.4. The van der Waals surface area contributed by atoms with Crippen LogP contribution in [0.5, 0.6) is 11.5 Å². The number of hydrogen-bond acceptors (Lipinski definition) is 6. The fourth-order valence-corrected chi connectivity index (χ4v) is 1.45. The van der Waals surface area contributed by atoms with Crippen molar-refractivity contribution in [3.05, 3.63) is 28.3 Å². The van der Waals surface area contributed by atoms with E-state index in [2.05, 4.69) is 4.74 Å². The molecule has 0 radical (unpaired) electrons. The average Bonchev–Trinajstić information content (AvgIpc) is 2.38. The fraction of sp³-hybridized carbons (Fsp3) is 0.417. The van der Waals surface area contributed by atoms with E-state index < -0.39 is 17.0 Å². The van der Waals surface area contributed by atoms with Gasteiger partial charge in [0.2, 0.25) is 0 Å². The van der Waals surface area contributed by atoms with Crippen molar-refractivity contribution in [3.63, 3.8) is 0 Å². The van der Waals surface area contributed by atoms with Crippen molar-refractivity contribution in [1.82, 2.24) is 0 Å². The van der Waals surface area contributed by atoms with E-state index in [1.165, 1.54) is 32.4 Å². The fourth-order valence-electron chi connectivity index (χ4n) is 1.45. The molecule has 104 valence electrons. The van der Waals surface area contributed by atoms with Gasteiger partial charge in [-0.1, -0.05) is 0 Å². The van der Waals surface area contributed by atoms with Crippen LogP contribution in [0.1, 0.15) is 13.3 Å². The van der Waals surface area contributed by atoms with Crippen LogP contribution in [0.15, 0.2) is 18.2 Å². The topological polar surface area (TPSA) is 87.9 Å². The van der Waals surface area contributed by atoms with Crippen LogP contribution in [0, 0.1) is 10.1 Å². The number of rotatable bonds is 6.